The zero-order chi connectivity index (χ0) is 25.5. The molecule has 6 heteroatoms. The zero-order valence-corrected chi connectivity index (χ0v) is 22.0. The highest BCUT2D eigenvalue weighted by atomic mass is 19.1. The van der Waals surface area contributed by atoms with Gasteiger partial charge in [-0.1, -0.05) is 37.3 Å². The lowest BCUT2D eigenvalue weighted by molar-refractivity contribution is 0.00496. The first-order chi connectivity index (χ1) is 16.0. The quantitative estimate of drug-likeness (QED) is 0.339. The van der Waals surface area contributed by atoms with E-state index in [-0.39, 0.29) is 18.0 Å². The highest BCUT2D eigenvalue weighted by Gasteiger charge is 2.32. The van der Waals surface area contributed by atoms with Gasteiger partial charge >= 0.3 is 6.09 Å². The van der Waals surface area contributed by atoms with E-state index >= 15 is 0 Å². The molecule has 34 heavy (non-hydrogen) atoms. The summed E-state index contributed by atoms with van der Waals surface area (Å²) in [5, 5.41) is 0. The molecule has 0 N–H and O–H groups in total. The van der Waals surface area contributed by atoms with Gasteiger partial charge in [0.25, 0.3) is 0 Å². The number of ether oxygens (including phenoxy) is 1. The molecule has 0 aliphatic carbocycles. The SMILES string of the molecule is C\C=C(C(/C(C)=N/C=C/CC)=C(/C)N1CCN(C(=O)OC(C)(C)C)C(C)C1)\c1ccccc1F. The number of allylic oxidation sites excluding steroid dienone is 5. The predicted octanol–water partition coefficient (Wildman–Crippen LogP) is 6.83. The van der Waals surface area contributed by atoms with E-state index in [0.717, 1.165) is 29.0 Å². The van der Waals surface area contributed by atoms with Crippen LogP contribution in [0.25, 0.3) is 5.57 Å². The Labute approximate surface area is 204 Å². The van der Waals surface area contributed by atoms with Gasteiger partial charge in [0, 0.05) is 54.4 Å². The van der Waals surface area contributed by atoms with E-state index in [9.17, 15) is 9.18 Å². The van der Waals surface area contributed by atoms with Crippen LogP contribution in [0.1, 0.15) is 67.4 Å². The Morgan fingerprint density at radius 1 is 1.24 bits per heavy atom. The monoisotopic (exact) mass is 469 g/mol. The number of piperazine rings is 1. The molecule has 0 aromatic heterocycles. The van der Waals surface area contributed by atoms with Crippen molar-refractivity contribution in [2.75, 3.05) is 19.6 Å². The number of carbonyl (C=O) groups excluding carboxylic acids is 1. The van der Waals surface area contributed by atoms with Crippen molar-refractivity contribution in [3.63, 3.8) is 0 Å². The first kappa shape index (κ1) is 27.4. The maximum absolute atomic E-state index is 14.8. The van der Waals surface area contributed by atoms with Gasteiger partial charge in [0.1, 0.15) is 11.4 Å². The Bertz CT molecular complexity index is 986. The minimum Gasteiger partial charge on any atom is -0.444 e. The lowest BCUT2D eigenvalue weighted by Gasteiger charge is -2.42. The maximum atomic E-state index is 14.8. The summed E-state index contributed by atoms with van der Waals surface area (Å²) in [6, 6.07) is 6.80. The second-order valence-electron chi connectivity index (χ2n) is 9.62. The lowest BCUT2D eigenvalue weighted by atomic mass is 9.92. The second-order valence-corrected chi connectivity index (χ2v) is 9.62. The molecular formula is C28H40FN3O2. The fraction of sp³-hybridized carbons (Fsp3) is 0.500. The van der Waals surface area contributed by atoms with Gasteiger partial charge in [-0.05, 0) is 66.5 Å². The van der Waals surface area contributed by atoms with Crippen molar-refractivity contribution in [2.24, 2.45) is 4.99 Å². The van der Waals surface area contributed by atoms with Gasteiger partial charge < -0.3 is 14.5 Å². The minimum absolute atomic E-state index is 0.0282. The van der Waals surface area contributed by atoms with Crippen LogP contribution >= 0.6 is 0 Å². The number of carbonyl (C=O) groups is 1. The molecule has 0 bridgehead atoms. The van der Waals surface area contributed by atoms with Crippen molar-refractivity contribution in [1.82, 2.24) is 9.80 Å². The van der Waals surface area contributed by atoms with E-state index in [1.165, 1.54) is 6.07 Å². The number of hydrogen-bond donors (Lipinski definition) is 0. The summed E-state index contributed by atoms with van der Waals surface area (Å²) in [6.07, 6.45) is 6.35. The topological polar surface area (TPSA) is 45.1 Å². The Hall–Kier alpha value is -2.89. The first-order valence-electron chi connectivity index (χ1n) is 12.1. The largest absolute Gasteiger partial charge is 0.444 e. The molecule has 0 radical (unpaired) electrons. The fourth-order valence-electron chi connectivity index (χ4n) is 4.11. The fourth-order valence-corrected chi connectivity index (χ4v) is 4.11. The molecule has 1 fully saturated rings. The second kappa shape index (κ2) is 12.0. The normalized spacial score (nSPS) is 18.9. The van der Waals surface area contributed by atoms with Crippen LogP contribution in [0.15, 0.2) is 58.9 Å². The minimum atomic E-state index is -0.531. The molecule has 0 spiro atoms. The van der Waals surface area contributed by atoms with Gasteiger partial charge in [0.2, 0.25) is 0 Å². The zero-order valence-electron chi connectivity index (χ0n) is 22.0. The third kappa shape index (κ3) is 7.05. The summed E-state index contributed by atoms with van der Waals surface area (Å²) in [7, 11) is 0. The summed E-state index contributed by atoms with van der Waals surface area (Å²) >= 11 is 0. The molecule has 1 aromatic rings. The van der Waals surface area contributed by atoms with Crippen LogP contribution in [0.3, 0.4) is 0 Å². The van der Waals surface area contributed by atoms with Crippen LogP contribution in [0, 0.1) is 5.82 Å². The molecule has 1 saturated heterocycles. The highest BCUT2D eigenvalue weighted by Crippen LogP contribution is 2.31. The van der Waals surface area contributed by atoms with Crippen LogP contribution in [0.5, 0.6) is 0 Å². The molecule has 186 valence electrons. The molecule has 2 rings (SSSR count). The molecule has 1 aliphatic heterocycles. The number of nitrogens with zero attached hydrogens (tertiary/aromatic N) is 3. The number of amides is 1. The summed E-state index contributed by atoms with van der Waals surface area (Å²) in [5.74, 6) is -0.263. The van der Waals surface area contributed by atoms with Gasteiger partial charge in [-0.2, -0.15) is 0 Å². The van der Waals surface area contributed by atoms with Crippen molar-refractivity contribution < 1.29 is 13.9 Å². The number of hydrogen-bond acceptors (Lipinski definition) is 4. The molecule has 0 saturated carbocycles. The standard InChI is InChI=1S/C28H40FN3O2/c1-9-11-16-30-21(4)26(23(10-2)24-14-12-13-15-25(24)29)22(5)31-17-18-32(20(3)19-31)27(33)34-28(6,7)8/h10-16,20H,9,17-19H2,1-8H3/b16-11+,23-10-,26-22-,30-21+. The summed E-state index contributed by atoms with van der Waals surface area (Å²) in [5.41, 5.74) is 3.57. The van der Waals surface area contributed by atoms with Gasteiger partial charge in [-0.25, -0.2) is 9.18 Å². The highest BCUT2D eigenvalue weighted by molar-refractivity contribution is 6.12. The summed E-state index contributed by atoms with van der Waals surface area (Å²) < 4.78 is 20.4. The molecule has 1 aromatic carbocycles. The lowest BCUT2D eigenvalue weighted by Crippen LogP contribution is -2.54. The van der Waals surface area contributed by atoms with E-state index in [4.69, 9.17) is 4.74 Å². The molecule has 1 heterocycles. The number of rotatable bonds is 6. The van der Waals surface area contributed by atoms with E-state index in [1.807, 2.05) is 59.8 Å². The molecular weight excluding hydrogens is 429 g/mol. The van der Waals surface area contributed by atoms with Crippen LogP contribution in [0.2, 0.25) is 0 Å². The molecule has 1 amide bonds. The van der Waals surface area contributed by atoms with E-state index < -0.39 is 5.60 Å². The van der Waals surface area contributed by atoms with Crippen molar-refractivity contribution in [2.45, 2.75) is 73.5 Å². The van der Waals surface area contributed by atoms with Crippen molar-refractivity contribution in [3.8, 4) is 0 Å². The average molecular weight is 470 g/mol. The third-order valence-corrected chi connectivity index (χ3v) is 5.78. The van der Waals surface area contributed by atoms with Crippen LogP contribution in [0.4, 0.5) is 9.18 Å². The van der Waals surface area contributed by atoms with Crippen molar-refractivity contribution in [1.29, 1.82) is 0 Å². The molecule has 1 aliphatic rings. The Balaban J connectivity index is 2.45. The van der Waals surface area contributed by atoms with Crippen molar-refractivity contribution >= 4 is 17.4 Å². The smallest absolute Gasteiger partial charge is 0.410 e. The summed E-state index contributed by atoms with van der Waals surface area (Å²) in [6.45, 7) is 17.5. The van der Waals surface area contributed by atoms with E-state index in [1.54, 1.807) is 23.2 Å². The number of aliphatic imine (C=N–C) groups is 1. The summed E-state index contributed by atoms with van der Waals surface area (Å²) in [4.78, 5) is 21.4. The van der Waals surface area contributed by atoms with Crippen LogP contribution in [-0.4, -0.2) is 52.9 Å². The van der Waals surface area contributed by atoms with E-state index in [0.29, 0.717) is 25.2 Å². The molecule has 1 unspecified atom stereocenters. The average Bonchev–Trinajstić information content (AvgIpc) is 2.76. The van der Waals surface area contributed by atoms with Crippen molar-refractivity contribution in [3.05, 3.63) is 65.3 Å². The van der Waals surface area contributed by atoms with E-state index in [2.05, 4.69) is 23.7 Å². The van der Waals surface area contributed by atoms with Gasteiger partial charge in [0.05, 0.1) is 0 Å². The van der Waals surface area contributed by atoms with Crippen LogP contribution in [-0.2, 0) is 4.74 Å². The number of halogens is 1. The van der Waals surface area contributed by atoms with Gasteiger partial charge in [-0.15, -0.1) is 0 Å². The Morgan fingerprint density at radius 3 is 2.47 bits per heavy atom. The van der Waals surface area contributed by atoms with Crippen LogP contribution < -0.4 is 0 Å². The first-order valence-corrected chi connectivity index (χ1v) is 12.1. The Kier molecular flexibility index (Phi) is 9.66. The molecule has 5 nitrogen and oxygen atoms in total. The maximum Gasteiger partial charge on any atom is 0.410 e. The number of benzene rings is 1. The molecule has 1 atom stereocenters. The third-order valence-electron chi connectivity index (χ3n) is 5.78. The van der Waals surface area contributed by atoms with Gasteiger partial charge in [-0.3, -0.25) is 4.99 Å². The van der Waals surface area contributed by atoms with Gasteiger partial charge in [0.15, 0.2) is 0 Å². The Morgan fingerprint density at radius 2 is 1.91 bits per heavy atom. The predicted molar refractivity (Wildman–Crippen MR) is 139 cm³/mol.